The van der Waals surface area contributed by atoms with E-state index in [4.69, 9.17) is 0 Å². The molecule has 0 unspecified atom stereocenters. The van der Waals surface area contributed by atoms with Crippen LogP contribution < -0.4 is 0 Å². The summed E-state index contributed by atoms with van der Waals surface area (Å²) >= 11 is 0. The Bertz CT molecular complexity index is 177. The summed E-state index contributed by atoms with van der Waals surface area (Å²) in [5, 5.41) is 0. The third kappa shape index (κ3) is 2.70. The van der Waals surface area contributed by atoms with Gasteiger partial charge in [-0.25, -0.2) is 4.52 Å². The first-order chi connectivity index (χ1) is 5.83. The smallest absolute Gasteiger partial charge is 0.310 e. The van der Waals surface area contributed by atoms with Crippen molar-refractivity contribution in [3.05, 3.63) is 0 Å². The summed E-state index contributed by atoms with van der Waals surface area (Å²) in [5.74, 6) is 0. The minimum absolute atomic E-state index is 0.0420. The summed E-state index contributed by atoms with van der Waals surface area (Å²) in [7, 11) is -2.57. The van der Waals surface area contributed by atoms with Gasteiger partial charge in [0.1, 0.15) is 0 Å². The van der Waals surface area contributed by atoms with E-state index in [1.165, 1.54) is 0 Å². The lowest BCUT2D eigenvalue weighted by atomic mass is 10.6. The average Bonchev–Trinajstić information content (AvgIpc) is 2.35. The molecule has 1 fully saturated rings. The highest BCUT2D eigenvalue weighted by Crippen LogP contribution is 2.52. The molecular formula is C4H4F5O3P. The SMILES string of the molecule is FC(F)(F)C(F)(F)OP1OCCO1. The van der Waals surface area contributed by atoms with Crippen molar-refractivity contribution in [1.82, 2.24) is 0 Å². The van der Waals surface area contributed by atoms with Crippen LogP contribution in [0.25, 0.3) is 0 Å². The van der Waals surface area contributed by atoms with Gasteiger partial charge >= 0.3 is 20.9 Å². The van der Waals surface area contributed by atoms with Crippen molar-refractivity contribution in [3.8, 4) is 0 Å². The van der Waals surface area contributed by atoms with Crippen molar-refractivity contribution in [2.24, 2.45) is 0 Å². The first kappa shape index (κ1) is 11.0. The number of rotatable bonds is 2. The van der Waals surface area contributed by atoms with Gasteiger partial charge in [0, 0.05) is 0 Å². The number of alkyl halides is 5. The molecule has 0 aromatic heterocycles. The zero-order valence-electron chi connectivity index (χ0n) is 5.98. The predicted octanol–water partition coefficient (Wildman–Crippen LogP) is 2.43. The Morgan fingerprint density at radius 3 is 1.85 bits per heavy atom. The topological polar surface area (TPSA) is 27.7 Å². The van der Waals surface area contributed by atoms with Crippen molar-refractivity contribution < 1.29 is 35.5 Å². The number of halogens is 5. The van der Waals surface area contributed by atoms with E-state index >= 15 is 0 Å². The van der Waals surface area contributed by atoms with Crippen LogP contribution in [0.4, 0.5) is 22.0 Å². The van der Waals surface area contributed by atoms with E-state index < -0.39 is 20.9 Å². The van der Waals surface area contributed by atoms with E-state index in [9.17, 15) is 22.0 Å². The molecular weight excluding hydrogens is 222 g/mol. The van der Waals surface area contributed by atoms with Gasteiger partial charge in [0.15, 0.2) is 0 Å². The lowest BCUT2D eigenvalue weighted by Gasteiger charge is -2.20. The quantitative estimate of drug-likeness (QED) is 0.534. The summed E-state index contributed by atoms with van der Waals surface area (Å²) in [5.41, 5.74) is 0. The number of hydrogen-bond acceptors (Lipinski definition) is 3. The van der Waals surface area contributed by atoms with Crippen LogP contribution in [-0.2, 0) is 13.6 Å². The van der Waals surface area contributed by atoms with Crippen molar-refractivity contribution in [2.45, 2.75) is 12.3 Å². The van der Waals surface area contributed by atoms with Crippen LogP contribution in [-0.4, -0.2) is 25.5 Å². The highest BCUT2D eigenvalue weighted by Gasteiger charge is 2.61. The third-order valence-corrected chi connectivity index (χ3v) is 2.16. The molecule has 1 aliphatic rings. The summed E-state index contributed by atoms with van der Waals surface area (Å²) in [4.78, 5) is 0. The summed E-state index contributed by atoms with van der Waals surface area (Å²) < 4.78 is 70.7. The lowest BCUT2D eigenvalue weighted by molar-refractivity contribution is -0.362. The number of hydrogen-bond donors (Lipinski definition) is 0. The van der Waals surface area contributed by atoms with Crippen molar-refractivity contribution in [1.29, 1.82) is 0 Å². The van der Waals surface area contributed by atoms with E-state index in [-0.39, 0.29) is 13.2 Å². The molecule has 0 amide bonds. The fraction of sp³-hybridized carbons (Fsp3) is 1.00. The van der Waals surface area contributed by atoms with Crippen LogP contribution in [0.5, 0.6) is 0 Å². The molecule has 0 radical (unpaired) electrons. The van der Waals surface area contributed by atoms with Gasteiger partial charge < -0.3 is 9.05 Å². The molecule has 0 aromatic carbocycles. The first-order valence-corrected chi connectivity index (χ1v) is 4.12. The van der Waals surface area contributed by atoms with Gasteiger partial charge in [-0.2, -0.15) is 22.0 Å². The van der Waals surface area contributed by atoms with Crippen molar-refractivity contribution in [2.75, 3.05) is 13.2 Å². The zero-order valence-corrected chi connectivity index (χ0v) is 6.87. The van der Waals surface area contributed by atoms with Crippen LogP contribution >= 0.6 is 8.60 Å². The molecule has 78 valence electrons. The van der Waals surface area contributed by atoms with Crippen LogP contribution in [0, 0.1) is 0 Å². The van der Waals surface area contributed by atoms with E-state index in [2.05, 4.69) is 13.6 Å². The van der Waals surface area contributed by atoms with Crippen molar-refractivity contribution >= 4 is 8.60 Å². The molecule has 0 spiro atoms. The van der Waals surface area contributed by atoms with Crippen LogP contribution in [0.15, 0.2) is 0 Å². The zero-order chi connectivity index (χ0) is 10.1. The molecule has 13 heavy (non-hydrogen) atoms. The van der Waals surface area contributed by atoms with Crippen LogP contribution in [0.2, 0.25) is 0 Å². The second-order valence-electron chi connectivity index (χ2n) is 2.00. The van der Waals surface area contributed by atoms with Gasteiger partial charge in [0.2, 0.25) is 0 Å². The Hall–Kier alpha value is -0.0400. The second-order valence-corrected chi connectivity index (χ2v) is 3.14. The highest BCUT2D eigenvalue weighted by atomic mass is 31.2. The van der Waals surface area contributed by atoms with E-state index in [1.54, 1.807) is 0 Å². The van der Waals surface area contributed by atoms with E-state index in [0.29, 0.717) is 0 Å². The monoisotopic (exact) mass is 226 g/mol. The van der Waals surface area contributed by atoms with Crippen molar-refractivity contribution in [3.63, 3.8) is 0 Å². The maximum atomic E-state index is 12.1. The predicted molar refractivity (Wildman–Crippen MR) is 30.9 cm³/mol. The average molecular weight is 226 g/mol. The Morgan fingerprint density at radius 2 is 1.46 bits per heavy atom. The Morgan fingerprint density at radius 1 is 1.00 bits per heavy atom. The minimum atomic E-state index is -5.75. The van der Waals surface area contributed by atoms with Gasteiger partial charge in [0.25, 0.3) is 0 Å². The Balaban J connectivity index is 2.50. The van der Waals surface area contributed by atoms with Gasteiger partial charge in [-0.05, 0) is 0 Å². The molecule has 1 rings (SSSR count). The van der Waals surface area contributed by atoms with Crippen LogP contribution in [0.3, 0.4) is 0 Å². The first-order valence-electron chi connectivity index (χ1n) is 3.02. The van der Waals surface area contributed by atoms with Gasteiger partial charge in [-0.1, -0.05) is 0 Å². The lowest BCUT2D eigenvalue weighted by Crippen LogP contribution is -2.37. The van der Waals surface area contributed by atoms with E-state index in [0.717, 1.165) is 0 Å². The fourth-order valence-corrected chi connectivity index (χ4v) is 1.38. The Labute approximate surface area is 70.8 Å². The van der Waals surface area contributed by atoms with Gasteiger partial charge in [-0.3, -0.25) is 0 Å². The highest BCUT2D eigenvalue weighted by molar-refractivity contribution is 7.42. The second kappa shape index (κ2) is 3.61. The summed E-state index contributed by atoms with van der Waals surface area (Å²) in [6.45, 7) is -0.0840. The molecule has 0 aromatic rings. The summed E-state index contributed by atoms with van der Waals surface area (Å²) in [6, 6.07) is 0. The Kier molecular flexibility index (Phi) is 3.06. The largest absolute Gasteiger partial charge is 0.483 e. The maximum absolute atomic E-state index is 12.1. The van der Waals surface area contributed by atoms with Gasteiger partial charge in [-0.15, -0.1) is 0 Å². The van der Waals surface area contributed by atoms with Crippen LogP contribution in [0.1, 0.15) is 0 Å². The maximum Gasteiger partial charge on any atom is 0.483 e. The molecule has 1 heterocycles. The third-order valence-electron chi connectivity index (χ3n) is 0.996. The van der Waals surface area contributed by atoms with Gasteiger partial charge in [0.05, 0.1) is 13.2 Å². The summed E-state index contributed by atoms with van der Waals surface area (Å²) in [6.07, 6.45) is -11.0. The molecule has 3 nitrogen and oxygen atoms in total. The molecule has 9 heteroatoms. The fourth-order valence-electron chi connectivity index (χ4n) is 0.459. The molecule has 0 bridgehead atoms. The molecule has 1 aliphatic heterocycles. The molecule has 0 aliphatic carbocycles. The molecule has 0 atom stereocenters. The minimum Gasteiger partial charge on any atom is -0.310 e. The normalized spacial score (nSPS) is 21.0. The standard InChI is InChI=1S/C4H4F5O3P/c5-3(6,7)4(8,9)12-13-10-1-2-11-13/h1-2H2. The molecule has 0 saturated carbocycles. The van der Waals surface area contributed by atoms with E-state index in [1.807, 2.05) is 0 Å². The molecule has 1 saturated heterocycles. The molecule has 0 N–H and O–H groups in total.